The highest BCUT2D eigenvalue weighted by Crippen LogP contribution is 2.37. The van der Waals surface area contributed by atoms with Gasteiger partial charge in [0.1, 0.15) is 11.9 Å². The molecule has 1 aromatic carbocycles. The minimum absolute atomic E-state index is 0.0670. The van der Waals surface area contributed by atoms with E-state index < -0.39 is 12.3 Å². The van der Waals surface area contributed by atoms with Gasteiger partial charge in [-0.2, -0.15) is 15.5 Å². The van der Waals surface area contributed by atoms with Gasteiger partial charge in [-0.15, -0.1) is 5.10 Å². The average molecular weight is 587 g/mol. The summed E-state index contributed by atoms with van der Waals surface area (Å²) >= 11 is 0. The maximum Gasteiger partial charge on any atom is 0.267 e. The van der Waals surface area contributed by atoms with Crippen molar-refractivity contribution in [3.63, 3.8) is 0 Å². The second-order valence-electron chi connectivity index (χ2n) is 9.99. The summed E-state index contributed by atoms with van der Waals surface area (Å²) in [6, 6.07) is 13.5. The van der Waals surface area contributed by atoms with Crippen LogP contribution in [0.2, 0.25) is 0 Å². The first-order chi connectivity index (χ1) is 20.5. The third kappa shape index (κ3) is 6.28. The average Bonchev–Trinajstić information content (AvgIpc) is 3.38. The molecule has 0 saturated heterocycles. The largest absolute Gasteiger partial charge is 0.386 e. The quantitative estimate of drug-likeness (QED) is 0.239. The molecule has 13 heteroatoms. The molecule has 0 aliphatic carbocycles. The molecule has 1 amide bonds. The second-order valence-corrected chi connectivity index (χ2v) is 9.99. The zero-order chi connectivity index (χ0) is 31.4. The summed E-state index contributed by atoms with van der Waals surface area (Å²) in [5.41, 5.74) is 3.77. The number of hydrogen-bond acceptors (Lipinski definition) is 9. The highest BCUT2D eigenvalue weighted by atomic mass is 19.3. The lowest BCUT2D eigenvalue weighted by atomic mass is 10.1. The molecule has 0 radical (unpaired) electrons. The summed E-state index contributed by atoms with van der Waals surface area (Å²) in [5, 5.41) is 28.3. The van der Waals surface area contributed by atoms with E-state index in [9.17, 15) is 18.8 Å². The number of nitriles is 1. The first-order valence-electron chi connectivity index (χ1n) is 13.3. The Balaban J connectivity index is 1.69. The zero-order valence-corrected chi connectivity index (χ0v) is 24.7. The van der Waals surface area contributed by atoms with Gasteiger partial charge < -0.3 is 20.4 Å². The number of aromatic nitrogens is 5. The Kier molecular flexibility index (Phi) is 8.99. The van der Waals surface area contributed by atoms with Gasteiger partial charge in [-0.3, -0.25) is 4.79 Å². The number of carbonyl (C=O) groups excluding carboxylic acids is 1. The first-order valence-corrected chi connectivity index (χ1v) is 13.3. The van der Waals surface area contributed by atoms with Gasteiger partial charge >= 0.3 is 0 Å². The molecule has 222 valence electrons. The lowest BCUT2D eigenvalue weighted by Crippen LogP contribution is -2.27. The number of amides is 1. The third-order valence-corrected chi connectivity index (χ3v) is 6.83. The van der Waals surface area contributed by atoms with Crippen molar-refractivity contribution in [3.05, 3.63) is 83.5 Å². The molecule has 2 N–H and O–H groups in total. The van der Waals surface area contributed by atoms with Crippen molar-refractivity contribution >= 4 is 34.6 Å². The topological polar surface area (TPSA) is 128 Å². The van der Waals surface area contributed by atoms with E-state index in [0.29, 0.717) is 40.1 Å². The van der Waals surface area contributed by atoms with Crippen LogP contribution in [0.15, 0.2) is 55.2 Å². The van der Waals surface area contributed by atoms with Crippen molar-refractivity contribution < 1.29 is 13.6 Å². The lowest BCUT2D eigenvalue weighted by Gasteiger charge is -2.25. The number of anilines is 5. The maximum atomic E-state index is 14.0. The molecule has 4 aromatic rings. The van der Waals surface area contributed by atoms with Crippen molar-refractivity contribution in [1.29, 1.82) is 5.26 Å². The predicted octanol–water partition coefficient (Wildman–Crippen LogP) is 5.74. The van der Waals surface area contributed by atoms with Crippen LogP contribution in [0.1, 0.15) is 47.5 Å². The molecule has 0 bridgehead atoms. The van der Waals surface area contributed by atoms with Crippen molar-refractivity contribution in [2.24, 2.45) is 0 Å². The minimum atomic E-state index is -2.81. The van der Waals surface area contributed by atoms with Crippen LogP contribution in [0.5, 0.6) is 0 Å². The monoisotopic (exact) mass is 586 g/mol. The number of rotatable bonds is 10. The van der Waals surface area contributed by atoms with Gasteiger partial charge in [0.05, 0.1) is 34.2 Å². The first kappa shape index (κ1) is 30.6. The molecule has 0 aliphatic rings. The summed E-state index contributed by atoms with van der Waals surface area (Å²) in [6.45, 7) is 9.27. The highest BCUT2D eigenvalue weighted by molar-refractivity contribution is 5.83. The van der Waals surface area contributed by atoms with Crippen molar-refractivity contribution in [2.75, 3.05) is 36.7 Å². The molecule has 3 aromatic heterocycles. The standard InChI is InChI=1S/C30H32F2N10O/c1-8-41(27-12-9-21(28(31)32)29(36-27)42-18(3)14-20(16-33)39-42)25-15-23(34-5)24(13-17(25)2)35-26-11-10-22(37-38-26)19(4)30(43)40(6)7/h8-15,19,28,34H,1H2,2-7H3,(H,35,38). The molecule has 4 rings (SSSR count). The number of halogens is 2. The molecule has 0 fully saturated rings. The van der Waals surface area contributed by atoms with E-state index in [1.165, 1.54) is 27.8 Å². The molecular formula is C30H32F2N10O. The Hall–Kier alpha value is -5.38. The molecule has 0 saturated carbocycles. The third-order valence-electron chi connectivity index (χ3n) is 6.83. The lowest BCUT2D eigenvalue weighted by molar-refractivity contribution is -0.129. The fourth-order valence-corrected chi connectivity index (χ4v) is 4.54. The number of benzene rings is 1. The fourth-order valence-electron chi connectivity index (χ4n) is 4.54. The molecule has 0 spiro atoms. The number of likely N-dealkylation sites (N-methyl/N-ethyl adjacent to an activating group) is 1. The summed E-state index contributed by atoms with van der Waals surface area (Å²) in [6.07, 6.45) is -1.26. The molecular weight excluding hydrogens is 554 g/mol. The zero-order valence-electron chi connectivity index (χ0n) is 24.7. The van der Waals surface area contributed by atoms with Crippen LogP contribution in [0, 0.1) is 25.2 Å². The number of nitrogens with zero attached hydrogens (tertiary/aromatic N) is 8. The Morgan fingerprint density at radius 2 is 1.86 bits per heavy atom. The number of aryl methyl sites for hydroxylation is 2. The van der Waals surface area contributed by atoms with Crippen LogP contribution in [-0.4, -0.2) is 56.9 Å². The van der Waals surface area contributed by atoms with Gasteiger partial charge in [0.25, 0.3) is 6.43 Å². The smallest absolute Gasteiger partial charge is 0.267 e. The molecule has 43 heavy (non-hydrogen) atoms. The van der Waals surface area contributed by atoms with E-state index in [1.54, 1.807) is 58.2 Å². The molecule has 1 unspecified atom stereocenters. The SMILES string of the molecule is C=CN(c1ccc(C(F)F)c(-n2nc(C#N)cc2C)n1)c1cc(NC)c(Nc2ccc(C(C)C(=O)N(C)C)nn2)cc1C. The molecule has 0 aliphatic heterocycles. The van der Waals surface area contributed by atoms with E-state index in [4.69, 9.17) is 0 Å². The number of hydrogen-bond donors (Lipinski definition) is 2. The van der Waals surface area contributed by atoms with Crippen LogP contribution in [0.3, 0.4) is 0 Å². The van der Waals surface area contributed by atoms with Gasteiger partial charge in [-0.05, 0) is 68.8 Å². The maximum absolute atomic E-state index is 14.0. The van der Waals surface area contributed by atoms with Gasteiger partial charge in [-0.25, -0.2) is 18.4 Å². The summed E-state index contributed by atoms with van der Waals surface area (Å²) < 4.78 is 29.2. The summed E-state index contributed by atoms with van der Waals surface area (Å²) in [7, 11) is 5.16. The molecule has 3 heterocycles. The Labute approximate surface area is 248 Å². The predicted molar refractivity (Wildman–Crippen MR) is 161 cm³/mol. The van der Waals surface area contributed by atoms with Crippen molar-refractivity contribution in [2.45, 2.75) is 33.1 Å². The van der Waals surface area contributed by atoms with E-state index in [-0.39, 0.29) is 23.0 Å². The fraction of sp³-hybridized carbons (Fsp3) is 0.267. The van der Waals surface area contributed by atoms with E-state index in [1.807, 2.05) is 25.1 Å². The summed E-state index contributed by atoms with van der Waals surface area (Å²) in [5.74, 6) is 0.244. The van der Waals surface area contributed by atoms with Gasteiger partial charge in [0, 0.05) is 33.0 Å². The van der Waals surface area contributed by atoms with Crippen molar-refractivity contribution in [3.8, 4) is 11.9 Å². The number of carbonyl (C=O) groups is 1. The molecule has 11 nitrogen and oxygen atoms in total. The van der Waals surface area contributed by atoms with Crippen LogP contribution in [0.4, 0.5) is 37.5 Å². The van der Waals surface area contributed by atoms with Gasteiger partial charge in [0.2, 0.25) is 5.91 Å². The van der Waals surface area contributed by atoms with Crippen LogP contribution < -0.4 is 15.5 Å². The molecule has 1 atom stereocenters. The van der Waals surface area contributed by atoms with E-state index in [0.717, 1.165) is 5.56 Å². The Morgan fingerprint density at radius 1 is 1.12 bits per heavy atom. The van der Waals surface area contributed by atoms with Gasteiger partial charge in [-0.1, -0.05) is 6.58 Å². The number of nitrogens with one attached hydrogen (secondary N) is 2. The Bertz CT molecular complexity index is 1690. The van der Waals surface area contributed by atoms with Gasteiger partial charge in [0.15, 0.2) is 17.3 Å². The van der Waals surface area contributed by atoms with E-state index in [2.05, 4.69) is 37.5 Å². The highest BCUT2D eigenvalue weighted by Gasteiger charge is 2.23. The second kappa shape index (κ2) is 12.6. The van der Waals surface area contributed by atoms with Crippen LogP contribution in [-0.2, 0) is 4.79 Å². The van der Waals surface area contributed by atoms with Crippen molar-refractivity contribution in [1.82, 2.24) is 29.9 Å². The van der Waals surface area contributed by atoms with E-state index >= 15 is 0 Å². The van der Waals surface area contributed by atoms with Crippen LogP contribution >= 0.6 is 0 Å². The Morgan fingerprint density at radius 3 is 2.42 bits per heavy atom. The number of pyridine rings is 1. The summed E-state index contributed by atoms with van der Waals surface area (Å²) in [4.78, 5) is 20.0. The van der Waals surface area contributed by atoms with Crippen LogP contribution in [0.25, 0.3) is 5.82 Å². The number of alkyl halides is 2. The normalized spacial score (nSPS) is 11.5. The minimum Gasteiger partial charge on any atom is -0.386 e.